The molecule has 0 unspecified atom stereocenters. The molecule has 122 valence electrons. The van der Waals surface area contributed by atoms with Gasteiger partial charge in [-0.3, -0.25) is 4.79 Å². The molecule has 0 saturated carbocycles. The lowest BCUT2D eigenvalue weighted by molar-refractivity contribution is -0.118. The largest absolute Gasteiger partial charge is 0.303 e. The van der Waals surface area contributed by atoms with Gasteiger partial charge in [-0.15, -0.1) is 5.10 Å². The van der Waals surface area contributed by atoms with Crippen molar-refractivity contribution in [1.29, 1.82) is 0 Å². The monoisotopic (exact) mass is 361 g/mol. The molecule has 1 aliphatic rings. The Balaban J connectivity index is 1.63. The van der Waals surface area contributed by atoms with Gasteiger partial charge < -0.3 is 5.32 Å². The highest BCUT2D eigenvalue weighted by Gasteiger charge is 2.30. The van der Waals surface area contributed by atoms with Gasteiger partial charge in [-0.1, -0.05) is 53.7 Å². The molecule has 2 aromatic carbocycles. The third-order valence-electron chi connectivity index (χ3n) is 3.36. The molecular weight excluding hydrogens is 349 g/mol. The normalized spacial score (nSPS) is 19.2. The van der Waals surface area contributed by atoms with Crippen LogP contribution in [-0.2, 0) is 11.2 Å². The lowest BCUT2D eigenvalue weighted by Gasteiger charge is -2.04. The lowest BCUT2D eigenvalue weighted by atomic mass is 10.1. The number of carbonyl (C=O) groups is 1. The zero-order valence-corrected chi connectivity index (χ0v) is 14.0. The van der Waals surface area contributed by atoms with Gasteiger partial charge in [-0.25, -0.2) is 4.39 Å². The highest BCUT2D eigenvalue weighted by molar-refractivity contribution is 8.15. The number of rotatable bonds is 4. The number of amides is 1. The molecule has 0 aliphatic carbocycles. The summed E-state index contributed by atoms with van der Waals surface area (Å²) in [7, 11) is 0. The highest BCUT2D eigenvalue weighted by atomic mass is 35.5. The van der Waals surface area contributed by atoms with E-state index in [2.05, 4.69) is 15.5 Å². The van der Waals surface area contributed by atoms with E-state index in [0.717, 1.165) is 11.1 Å². The smallest absolute Gasteiger partial charge is 0.239 e. The summed E-state index contributed by atoms with van der Waals surface area (Å²) in [4.78, 5) is 12.0. The summed E-state index contributed by atoms with van der Waals surface area (Å²) in [5.41, 5.74) is 1.64. The van der Waals surface area contributed by atoms with Crippen LogP contribution < -0.4 is 5.32 Å². The van der Waals surface area contributed by atoms with Crippen LogP contribution in [-0.4, -0.2) is 22.5 Å². The maximum atomic E-state index is 12.9. The quantitative estimate of drug-likeness (QED) is 0.667. The van der Waals surface area contributed by atoms with Crippen LogP contribution in [0.1, 0.15) is 11.1 Å². The van der Waals surface area contributed by atoms with E-state index in [4.69, 9.17) is 11.6 Å². The van der Waals surface area contributed by atoms with E-state index < -0.39 is 0 Å². The van der Waals surface area contributed by atoms with Crippen molar-refractivity contribution in [3.63, 3.8) is 0 Å². The summed E-state index contributed by atoms with van der Waals surface area (Å²) in [5.74, 6) is -0.422. The van der Waals surface area contributed by atoms with Gasteiger partial charge in [0.2, 0.25) is 5.91 Å². The first kappa shape index (κ1) is 16.7. The third-order valence-corrected chi connectivity index (χ3v) is 4.78. The fraction of sp³-hybridized carbons (Fsp3) is 0.118. The van der Waals surface area contributed by atoms with Crippen LogP contribution in [0, 0.1) is 5.82 Å². The predicted molar refractivity (Wildman–Crippen MR) is 96.1 cm³/mol. The Hall–Kier alpha value is -2.18. The Morgan fingerprint density at radius 2 is 1.96 bits per heavy atom. The van der Waals surface area contributed by atoms with Gasteiger partial charge in [0.25, 0.3) is 0 Å². The van der Waals surface area contributed by atoms with Crippen molar-refractivity contribution in [1.82, 2.24) is 5.32 Å². The molecule has 0 radical (unpaired) electrons. The van der Waals surface area contributed by atoms with Gasteiger partial charge >= 0.3 is 0 Å². The predicted octanol–water partition coefficient (Wildman–Crippen LogP) is 3.64. The topological polar surface area (TPSA) is 53.8 Å². The van der Waals surface area contributed by atoms with Gasteiger partial charge in [0, 0.05) is 10.6 Å². The average molecular weight is 362 g/mol. The molecule has 2 aromatic rings. The second-order valence-corrected chi connectivity index (χ2v) is 6.70. The fourth-order valence-electron chi connectivity index (χ4n) is 2.14. The van der Waals surface area contributed by atoms with Crippen molar-refractivity contribution in [2.24, 2.45) is 10.2 Å². The Morgan fingerprint density at radius 3 is 2.71 bits per heavy atom. The SMILES string of the molecule is O=C1N/C(=N/N=C\c2ccccc2Cl)S[C@H]1Cc1ccc(F)cc1. The second-order valence-electron chi connectivity index (χ2n) is 5.10. The van der Waals surface area contributed by atoms with Crippen LogP contribution >= 0.6 is 23.4 Å². The molecule has 1 saturated heterocycles. The Kier molecular flexibility index (Phi) is 5.27. The third kappa shape index (κ3) is 4.21. The van der Waals surface area contributed by atoms with Crippen molar-refractivity contribution in [2.45, 2.75) is 11.7 Å². The average Bonchev–Trinajstić information content (AvgIpc) is 2.91. The number of amidine groups is 1. The van der Waals surface area contributed by atoms with E-state index in [-0.39, 0.29) is 17.0 Å². The molecule has 1 aliphatic heterocycles. The van der Waals surface area contributed by atoms with Crippen molar-refractivity contribution < 1.29 is 9.18 Å². The molecule has 1 fully saturated rings. The Morgan fingerprint density at radius 1 is 1.21 bits per heavy atom. The number of thioether (sulfide) groups is 1. The summed E-state index contributed by atoms with van der Waals surface area (Å²) >= 11 is 7.33. The van der Waals surface area contributed by atoms with Gasteiger partial charge in [0.15, 0.2) is 5.17 Å². The second kappa shape index (κ2) is 7.59. The fourth-order valence-corrected chi connectivity index (χ4v) is 3.29. The summed E-state index contributed by atoms with van der Waals surface area (Å²) in [6, 6.07) is 13.4. The van der Waals surface area contributed by atoms with Crippen molar-refractivity contribution in [3.05, 3.63) is 70.5 Å². The van der Waals surface area contributed by atoms with E-state index in [1.165, 1.54) is 30.1 Å². The minimum Gasteiger partial charge on any atom is -0.303 e. The molecular formula is C17H13ClFN3OS. The standard InChI is InChI=1S/C17H13ClFN3OS/c18-14-4-2-1-3-12(14)10-20-22-17-21-16(23)15(24-17)9-11-5-7-13(19)8-6-11/h1-8,10,15H,9H2,(H,21,22,23)/b20-10-/t15-/m0/s1. The highest BCUT2D eigenvalue weighted by Crippen LogP contribution is 2.23. The molecule has 1 amide bonds. The van der Waals surface area contributed by atoms with Crippen molar-refractivity contribution in [2.75, 3.05) is 0 Å². The summed E-state index contributed by atoms with van der Waals surface area (Å²) in [5, 5.41) is 11.4. The number of hydrogen-bond donors (Lipinski definition) is 1. The van der Waals surface area contributed by atoms with Crippen LogP contribution in [0.25, 0.3) is 0 Å². The molecule has 0 bridgehead atoms. The first-order valence-corrected chi connectivity index (χ1v) is 8.45. The first-order chi connectivity index (χ1) is 11.6. The van der Waals surface area contributed by atoms with Crippen LogP contribution in [0.2, 0.25) is 5.02 Å². The van der Waals surface area contributed by atoms with E-state index in [9.17, 15) is 9.18 Å². The first-order valence-electron chi connectivity index (χ1n) is 7.19. The molecule has 1 atom stereocenters. The molecule has 1 heterocycles. The molecule has 0 aromatic heterocycles. The van der Waals surface area contributed by atoms with Crippen LogP contribution in [0.3, 0.4) is 0 Å². The number of nitrogens with zero attached hydrogens (tertiary/aromatic N) is 2. The summed E-state index contributed by atoms with van der Waals surface area (Å²) in [6.45, 7) is 0. The molecule has 0 spiro atoms. The van der Waals surface area contributed by atoms with E-state index in [1.807, 2.05) is 18.2 Å². The zero-order valence-electron chi connectivity index (χ0n) is 12.4. The minimum absolute atomic E-state index is 0.129. The number of benzene rings is 2. The van der Waals surface area contributed by atoms with Crippen molar-refractivity contribution >= 4 is 40.7 Å². The van der Waals surface area contributed by atoms with Crippen LogP contribution in [0.15, 0.2) is 58.7 Å². The number of nitrogens with one attached hydrogen (secondary N) is 1. The number of hydrogen-bond acceptors (Lipinski definition) is 4. The van der Waals surface area contributed by atoms with Gasteiger partial charge in [0.1, 0.15) is 5.82 Å². The van der Waals surface area contributed by atoms with Crippen LogP contribution in [0.5, 0.6) is 0 Å². The molecule has 4 nitrogen and oxygen atoms in total. The zero-order chi connectivity index (χ0) is 16.9. The van der Waals surface area contributed by atoms with E-state index >= 15 is 0 Å². The maximum Gasteiger partial charge on any atom is 0.239 e. The number of carbonyl (C=O) groups excluding carboxylic acids is 1. The molecule has 3 rings (SSSR count). The minimum atomic E-state index is -0.301. The van der Waals surface area contributed by atoms with Crippen molar-refractivity contribution in [3.8, 4) is 0 Å². The van der Waals surface area contributed by atoms with E-state index in [1.54, 1.807) is 18.2 Å². The molecule has 7 heteroatoms. The Bertz CT molecular complexity index is 808. The Labute approximate surface area is 147 Å². The van der Waals surface area contributed by atoms with Crippen LogP contribution in [0.4, 0.5) is 4.39 Å². The molecule has 24 heavy (non-hydrogen) atoms. The summed E-state index contributed by atoms with van der Waals surface area (Å²) in [6.07, 6.45) is 2.04. The lowest BCUT2D eigenvalue weighted by Crippen LogP contribution is -2.25. The summed E-state index contributed by atoms with van der Waals surface area (Å²) < 4.78 is 12.9. The van der Waals surface area contributed by atoms with E-state index in [0.29, 0.717) is 16.6 Å². The molecule has 1 N–H and O–H groups in total. The van der Waals surface area contributed by atoms with Gasteiger partial charge in [-0.05, 0) is 30.2 Å². The van der Waals surface area contributed by atoms with Gasteiger partial charge in [-0.2, -0.15) is 5.10 Å². The maximum absolute atomic E-state index is 12.9. The number of halogens is 2. The van der Waals surface area contributed by atoms with Gasteiger partial charge in [0.05, 0.1) is 11.5 Å².